The van der Waals surface area contributed by atoms with Crippen LogP contribution in [0.1, 0.15) is 40.0 Å². The number of carbonyl (C=O) groups excluding carboxylic acids is 1. The first-order valence-electron chi connectivity index (χ1n) is 9.38. The van der Waals surface area contributed by atoms with Crippen molar-refractivity contribution in [2.24, 2.45) is 10.8 Å². The molecular formula is C20H31N3OS. The van der Waals surface area contributed by atoms with Crippen molar-refractivity contribution in [2.45, 2.75) is 44.9 Å². The summed E-state index contributed by atoms with van der Waals surface area (Å²) in [5.41, 5.74) is 0.675. The summed E-state index contributed by atoms with van der Waals surface area (Å²) in [6, 6.07) is 3.93. The number of rotatable bonds is 4. The molecule has 2 fully saturated rings. The van der Waals surface area contributed by atoms with Gasteiger partial charge in [0.1, 0.15) is 0 Å². The number of amides is 1. The van der Waals surface area contributed by atoms with Gasteiger partial charge in [-0.3, -0.25) is 9.78 Å². The summed E-state index contributed by atoms with van der Waals surface area (Å²) in [4.78, 5) is 22.5. The number of likely N-dealkylation sites (tertiary alicyclic amines) is 2. The summed E-state index contributed by atoms with van der Waals surface area (Å²) >= 11 is 1.62. The van der Waals surface area contributed by atoms with Crippen LogP contribution in [0.15, 0.2) is 29.4 Å². The van der Waals surface area contributed by atoms with Crippen LogP contribution in [0, 0.1) is 10.8 Å². The van der Waals surface area contributed by atoms with Crippen LogP contribution in [0.2, 0.25) is 0 Å². The third-order valence-electron chi connectivity index (χ3n) is 5.24. The maximum Gasteiger partial charge on any atom is 0.232 e. The van der Waals surface area contributed by atoms with E-state index < -0.39 is 0 Å². The lowest BCUT2D eigenvalue weighted by molar-refractivity contribution is -0.127. The molecule has 5 heteroatoms. The summed E-state index contributed by atoms with van der Waals surface area (Å²) in [5.74, 6) is 0.817. The van der Waals surface area contributed by atoms with Gasteiger partial charge in [-0.2, -0.15) is 0 Å². The summed E-state index contributed by atoms with van der Waals surface area (Å²) in [7, 11) is 0. The van der Waals surface area contributed by atoms with E-state index in [1.807, 2.05) is 12.1 Å². The molecule has 0 radical (unpaired) electrons. The SMILES string of the molecule is CC(C)(C)CN1CCCC2(CCN(C(=O)CSc3ccncc3)C2)C1. The van der Waals surface area contributed by atoms with E-state index in [2.05, 4.69) is 35.6 Å². The van der Waals surface area contributed by atoms with Gasteiger partial charge in [0.15, 0.2) is 0 Å². The molecular weight excluding hydrogens is 330 g/mol. The van der Waals surface area contributed by atoms with Crippen molar-refractivity contribution in [3.05, 3.63) is 24.5 Å². The summed E-state index contributed by atoms with van der Waals surface area (Å²) in [6.45, 7) is 12.3. The third kappa shape index (κ3) is 5.20. The smallest absolute Gasteiger partial charge is 0.232 e. The Bertz CT molecular complexity index is 586. The van der Waals surface area contributed by atoms with Crippen molar-refractivity contribution >= 4 is 17.7 Å². The molecule has 0 saturated carbocycles. The van der Waals surface area contributed by atoms with Crippen LogP contribution in [0.5, 0.6) is 0 Å². The Labute approximate surface area is 156 Å². The Morgan fingerprint density at radius 1 is 1.20 bits per heavy atom. The lowest BCUT2D eigenvalue weighted by Gasteiger charge is -2.42. The first-order valence-corrected chi connectivity index (χ1v) is 10.4. The quantitative estimate of drug-likeness (QED) is 0.769. The molecule has 0 aromatic carbocycles. The molecule has 0 N–H and O–H groups in total. The minimum atomic E-state index is 0.284. The van der Waals surface area contributed by atoms with Gasteiger partial charge in [0.2, 0.25) is 5.91 Å². The zero-order chi connectivity index (χ0) is 17.9. The largest absolute Gasteiger partial charge is 0.341 e. The van der Waals surface area contributed by atoms with Crippen molar-refractivity contribution in [3.8, 4) is 0 Å². The number of hydrogen-bond donors (Lipinski definition) is 0. The Hall–Kier alpha value is -1.07. The van der Waals surface area contributed by atoms with E-state index in [-0.39, 0.29) is 5.91 Å². The lowest BCUT2D eigenvalue weighted by Crippen LogP contribution is -2.47. The van der Waals surface area contributed by atoms with Crippen molar-refractivity contribution < 1.29 is 4.79 Å². The second-order valence-electron chi connectivity index (χ2n) is 8.91. The molecule has 0 aliphatic carbocycles. The first kappa shape index (κ1) is 18.7. The van der Waals surface area contributed by atoms with E-state index in [1.165, 1.54) is 25.8 Å². The van der Waals surface area contributed by atoms with Crippen LogP contribution in [-0.4, -0.2) is 59.2 Å². The highest BCUT2D eigenvalue weighted by Gasteiger charge is 2.42. The standard InChI is InChI=1S/C20H31N3OS/c1-19(2,3)14-22-11-4-7-20(15-22)8-12-23(16-20)18(24)13-25-17-5-9-21-10-6-17/h5-6,9-10H,4,7-8,11-16H2,1-3H3. The summed E-state index contributed by atoms with van der Waals surface area (Å²) in [6.07, 6.45) is 7.27. The number of piperidine rings is 1. The molecule has 2 aliphatic heterocycles. The van der Waals surface area contributed by atoms with E-state index >= 15 is 0 Å². The second kappa shape index (κ2) is 7.67. The molecule has 25 heavy (non-hydrogen) atoms. The molecule has 0 bridgehead atoms. The molecule has 1 aromatic rings. The average molecular weight is 362 g/mol. The van der Waals surface area contributed by atoms with Gasteiger partial charge in [-0.1, -0.05) is 20.8 Å². The highest BCUT2D eigenvalue weighted by atomic mass is 32.2. The lowest BCUT2D eigenvalue weighted by atomic mass is 9.78. The topological polar surface area (TPSA) is 36.4 Å². The third-order valence-corrected chi connectivity index (χ3v) is 6.24. The van der Waals surface area contributed by atoms with Crippen LogP contribution >= 0.6 is 11.8 Å². The molecule has 1 spiro atoms. The average Bonchev–Trinajstić information content (AvgIpc) is 2.95. The van der Waals surface area contributed by atoms with Crippen molar-refractivity contribution in [1.29, 1.82) is 0 Å². The van der Waals surface area contributed by atoms with Gasteiger partial charge in [0.25, 0.3) is 0 Å². The van der Waals surface area contributed by atoms with Crippen LogP contribution in [-0.2, 0) is 4.79 Å². The fourth-order valence-corrected chi connectivity index (χ4v) is 5.05. The summed E-state index contributed by atoms with van der Waals surface area (Å²) in [5, 5.41) is 0. The zero-order valence-corrected chi connectivity index (χ0v) is 16.6. The molecule has 138 valence electrons. The molecule has 3 rings (SSSR count). The molecule has 1 atom stereocenters. The number of pyridine rings is 1. The number of thioether (sulfide) groups is 1. The number of aromatic nitrogens is 1. The Balaban J connectivity index is 1.52. The predicted molar refractivity (Wildman–Crippen MR) is 104 cm³/mol. The van der Waals surface area contributed by atoms with Gasteiger partial charge in [0.05, 0.1) is 5.75 Å². The fourth-order valence-electron chi connectivity index (χ4n) is 4.27. The fraction of sp³-hybridized carbons (Fsp3) is 0.700. The maximum atomic E-state index is 12.6. The molecule has 1 unspecified atom stereocenters. The molecule has 3 heterocycles. The Kier molecular flexibility index (Phi) is 5.74. The van der Waals surface area contributed by atoms with E-state index in [0.717, 1.165) is 31.1 Å². The number of hydrogen-bond acceptors (Lipinski definition) is 4. The second-order valence-corrected chi connectivity index (χ2v) is 9.96. The minimum absolute atomic E-state index is 0.284. The van der Waals surface area contributed by atoms with Gasteiger partial charge in [-0.25, -0.2) is 0 Å². The normalized spacial score (nSPS) is 24.8. The molecule has 2 saturated heterocycles. The van der Waals surface area contributed by atoms with Crippen LogP contribution in [0.4, 0.5) is 0 Å². The monoisotopic (exact) mass is 361 g/mol. The summed E-state index contributed by atoms with van der Waals surface area (Å²) < 4.78 is 0. The highest BCUT2D eigenvalue weighted by molar-refractivity contribution is 8.00. The zero-order valence-electron chi connectivity index (χ0n) is 15.8. The Morgan fingerprint density at radius 2 is 1.96 bits per heavy atom. The van der Waals surface area contributed by atoms with Gasteiger partial charge in [0, 0.05) is 48.9 Å². The molecule has 4 nitrogen and oxygen atoms in total. The van der Waals surface area contributed by atoms with Gasteiger partial charge < -0.3 is 9.80 Å². The van der Waals surface area contributed by atoms with E-state index in [1.54, 1.807) is 24.2 Å². The van der Waals surface area contributed by atoms with Crippen molar-refractivity contribution in [3.63, 3.8) is 0 Å². The van der Waals surface area contributed by atoms with Gasteiger partial charge in [-0.05, 0) is 43.4 Å². The highest BCUT2D eigenvalue weighted by Crippen LogP contribution is 2.40. The maximum absolute atomic E-state index is 12.6. The predicted octanol–water partition coefficient (Wildman–Crippen LogP) is 3.53. The van der Waals surface area contributed by atoms with Crippen LogP contribution in [0.25, 0.3) is 0 Å². The van der Waals surface area contributed by atoms with Crippen LogP contribution < -0.4 is 0 Å². The van der Waals surface area contributed by atoms with E-state index in [0.29, 0.717) is 16.6 Å². The number of carbonyl (C=O) groups is 1. The van der Waals surface area contributed by atoms with Crippen molar-refractivity contribution in [2.75, 3.05) is 38.5 Å². The van der Waals surface area contributed by atoms with Gasteiger partial charge >= 0.3 is 0 Å². The van der Waals surface area contributed by atoms with E-state index in [9.17, 15) is 4.79 Å². The minimum Gasteiger partial charge on any atom is -0.341 e. The van der Waals surface area contributed by atoms with Crippen LogP contribution in [0.3, 0.4) is 0 Å². The molecule has 1 amide bonds. The van der Waals surface area contributed by atoms with E-state index in [4.69, 9.17) is 0 Å². The molecule has 1 aromatic heterocycles. The van der Waals surface area contributed by atoms with Gasteiger partial charge in [-0.15, -0.1) is 11.8 Å². The number of nitrogens with zero attached hydrogens (tertiary/aromatic N) is 3. The first-order chi connectivity index (χ1) is 11.9. The Morgan fingerprint density at radius 3 is 2.68 bits per heavy atom. The molecule has 2 aliphatic rings. The van der Waals surface area contributed by atoms with Crippen molar-refractivity contribution in [1.82, 2.24) is 14.8 Å².